The van der Waals surface area contributed by atoms with Crippen molar-refractivity contribution in [2.75, 3.05) is 0 Å². The quantitative estimate of drug-likeness (QED) is 0.881. The topological polar surface area (TPSA) is 89.6 Å². The fourth-order valence-electron chi connectivity index (χ4n) is 0.855. The van der Waals surface area contributed by atoms with E-state index in [0.717, 1.165) is 0 Å². The molecule has 1 amide bonds. The first kappa shape index (κ1) is 10.9. The normalized spacial score (nSPS) is 9.50. The molecular weight excluding hydrogens is 272 g/mol. The highest BCUT2D eigenvalue weighted by Gasteiger charge is 2.03. The van der Waals surface area contributed by atoms with E-state index in [1.807, 2.05) is 0 Å². The van der Waals surface area contributed by atoms with Crippen molar-refractivity contribution in [1.82, 2.24) is 0 Å². The number of halogens is 1. The number of carbonyl (C=O) groups excluding carboxylic acids is 1. The fraction of sp³-hybridized carbons (Fsp3) is 0. The first-order chi connectivity index (χ1) is 6.49. The number of nitrogens with zero attached hydrogens (tertiary/aromatic N) is 1. The molecule has 0 spiro atoms. The fourth-order valence-corrected chi connectivity index (χ4v) is 1.61. The minimum absolute atomic E-state index is 0.154. The Balaban J connectivity index is 3.34. The van der Waals surface area contributed by atoms with Crippen molar-refractivity contribution < 1.29 is 13.2 Å². The zero-order valence-corrected chi connectivity index (χ0v) is 9.17. The Morgan fingerprint density at radius 2 is 2.00 bits per heavy atom. The highest BCUT2D eigenvalue weighted by Crippen LogP contribution is 2.21. The lowest BCUT2D eigenvalue weighted by Gasteiger charge is -1.97. The van der Waals surface area contributed by atoms with E-state index < -0.39 is 16.4 Å². The number of hydrogen-bond acceptors (Lipinski definition) is 4. The number of primary amides is 1. The summed E-state index contributed by atoms with van der Waals surface area (Å²) in [5.74, 6) is -0.639. The Kier molecular flexibility index (Phi) is 3.37. The van der Waals surface area contributed by atoms with Crippen molar-refractivity contribution in [3.63, 3.8) is 0 Å². The molecule has 5 nitrogen and oxygen atoms in total. The molecule has 7 heteroatoms. The summed E-state index contributed by atoms with van der Waals surface area (Å²) < 4.78 is 24.3. The van der Waals surface area contributed by atoms with E-state index in [4.69, 9.17) is 5.73 Å². The number of hydrogen-bond donors (Lipinski definition) is 1. The molecule has 14 heavy (non-hydrogen) atoms. The second-order valence-corrected chi connectivity index (χ2v) is 3.90. The summed E-state index contributed by atoms with van der Waals surface area (Å²) in [5.41, 5.74) is 5.38. The van der Waals surface area contributed by atoms with E-state index in [9.17, 15) is 13.2 Å². The molecule has 74 valence electrons. The van der Waals surface area contributed by atoms with Gasteiger partial charge in [0.05, 0.1) is 5.69 Å². The zero-order valence-electron chi connectivity index (χ0n) is 6.77. The minimum Gasteiger partial charge on any atom is -0.366 e. The first-order valence-electron chi connectivity index (χ1n) is 3.40. The monoisotopic (exact) mass is 276 g/mol. The van der Waals surface area contributed by atoms with Gasteiger partial charge in [-0.15, -0.1) is 4.36 Å². The van der Waals surface area contributed by atoms with Gasteiger partial charge in [-0.05, 0) is 18.2 Å². The van der Waals surface area contributed by atoms with E-state index in [-0.39, 0.29) is 11.3 Å². The average Bonchev–Trinajstić information content (AvgIpc) is 2.01. The molecule has 2 N–H and O–H groups in total. The van der Waals surface area contributed by atoms with Gasteiger partial charge in [0.2, 0.25) is 5.91 Å². The summed E-state index contributed by atoms with van der Waals surface area (Å²) in [6.07, 6.45) is 0. The Morgan fingerprint density at radius 1 is 1.36 bits per heavy atom. The Hall–Kier alpha value is -1.21. The molecule has 0 saturated heterocycles. The van der Waals surface area contributed by atoms with Gasteiger partial charge in [0.1, 0.15) is 0 Å². The Morgan fingerprint density at radius 3 is 2.50 bits per heavy atom. The van der Waals surface area contributed by atoms with E-state index in [0.29, 0.717) is 4.47 Å². The number of nitrogens with two attached hydrogens (primary N) is 1. The van der Waals surface area contributed by atoms with E-state index in [1.54, 1.807) is 0 Å². The Bertz CT molecular complexity index is 502. The van der Waals surface area contributed by atoms with Crippen LogP contribution >= 0.6 is 15.9 Å². The van der Waals surface area contributed by atoms with Crippen LogP contribution in [-0.2, 0) is 10.5 Å². The molecule has 1 rings (SSSR count). The van der Waals surface area contributed by atoms with Crippen LogP contribution < -0.4 is 5.73 Å². The summed E-state index contributed by atoms with van der Waals surface area (Å²) in [4.78, 5) is 10.8. The summed E-state index contributed by atoms with van der Waals surface area (Å²) >= 11 is 3.10. The predicted molar refractivity (Wildman–Crippen MR) is 53.7 cm³/mol. The SMILES string of the molecule is NC(=O)c1cc(Br)cc(N=S(=O)=O)c1. The first-order valence-corrected chi connectivity index (χ1v) is 5.23. The lowest BCUT2D eigenvalue weighted by molar-refractivity contribution is 0.1000. The summed E-state index contributed by atoms with van der Waals surface area (Å²) in [5, 5.41) is 0. The van der Waals surface area contributed by atoms with Gasteiger partial charge in [0.25, 0.3) is 0 Å². The molecule has 0 saturated carbocycles. The molecule has 1 aromatic carbocycles. The van der Waals surface area contributed by atoms with Crippen LogP contribution in [0.3, 0.4) is 0 Å². The van der Waals surface area contributed by atoms with Crippen LogP contribution in [0.25, 0.3) is 0 Å². The van der Waals surface area contributed by atoms with Crippen molar-refractivity contribution in [2.24, 2.45) is 10.1 Å². The van der Waals surface area contributed by atoms with Gasteiger partial charge in [-0.3, -0.25) is 4.79 Å². The van der Waals surface area contributed by atoms with Gasteiger partial charge in [-0.2, -0.15) is 8.42 Å². The van der Waals surface area contributed by atoms with Gasteiger partial charge in [-0.25, -0.2) is 0 Å². The van der Waals surface area contributed by atoms with Crippen molar-refractivity contribution in [3.8, 4) is 0 Å². The van der Waals surface area contributed by atoms with Crippen LogP contribution in [0.1, 0.15) is 10.4 Å². The highest BCUT2D eigenvalue weighted by molar-refractivity contribution is 9.10. The minimum atomic E-state index is -2.54. The summed E-state index contributed by atoms with van der Waals surface area (Å²) in [7, 11) is -2.54. The van der Waals surface area contributed by atoms with Gasteiger partial charge >= 0.3 is 10.5 Å². The second kappa shape index (κ2) is 4.34. The van der Waals surface area contributed by atoms with Crippen LogP contribution in [0.5, 0.6) is 0 Å². The van der Waals surface area contributed by atoms with Crippen molar-refractivity contribution in [3.05, 3.63) is 28.2 Å². The standard InChI is InChI=1S/C7H5BrN2O3S/c8-5-1-4(7(9)11)2-6(3-5)10-14(12)13/h1-3H,(H2,9,11). The van der Waals surface area contributed by atoms with Crippen LogP contribution in [0.2, 0.25) is 0 Å². The van der Waals surface area contributed by atoms with Crippen LogP contribution in [0.15, 0.2) is 27.0 Å². The Labute approximate surface area is 89.8 Å². The van der Waals surface area contributed by atoms with Crippen molar-refractivity contribution in [1.29, 1.82) is 0 Å². The smallest absolute Gasteiger partial charge is 0.316 e. The van der Waals surface area contributed by atoms with E-state index >= 15 is 0 Å². The molecule has 0 atom stereocenters. The number of benzene rings is 1. The molecule has 0 fully saturated rings. The van der Waals surface area contributed by atoms with Gasteiger partial charge < -0.3 is 5.73 Å². The molecule has 0 heterocycles. The molecule has 0 unspecified atom stereocenters. The lowest BCUT2D eigenvalue weighted by Crippen LogP contribution is -2.10. The summed E-state index contributed by atoms with van der Waals surface area (Å²) in [6.45, 7) is 0. The van der Waals surface area contributed by atoms with Gasteiger partial charge in [0, 0.05) is 10.0 Å². The molecule has 0 radical (unpaired) electrons. The van der Waals surface area contributed by atoms with E-state index in [1.165, 1.54) is 18.2 Å². The third kappa shape index (κ3) is 2.93. The highest BCUT2D eigenvalue weighted by atomic mass is 79.9. The third-order valence-corrected chi connectivity index (χ3v) is 2.16. The third-order valence-electron chi connectivity index (χ3n) is 1.35. The lowest BCUT2D eigenvalue weighted by atomic mass is 10.2. The number of amides is 1. The zero-order chi connectivity index (χ0) is 10.7. The maximum Gasteiger partial charge on any atom is 0.316 e. The van der Waals surface area contributed by atoms with Crippen LogP contribution in [0, 0.1) is 0 Å². The van der Waals surface area contributed by atoms with Gasteiger partial charge in [-0.1, -0.05) is 15.9 Å². The van der Waals surface area contributed by atoms with Crippen LogP contribution in [-0.4, -0.2) is 14.3 Å². The molecule has 0 aliphatic rings. The predicted octanol–water partition coefficient (Wildman–Crippen LogP) is 1.24. The molecule has 0 aromatic heterocycles. The number of carbonyl (C=O) groups is 1. The molecule has 0 aliphatic carbocycles. The van der Waals surface area contributed by atoms with Gasteiger partial charge in [0.15, 0.2) is 0 Å². The largest absolute Gasteiger partial charge is 0.366 e. The van der Waals surface area contributed by atoms with Crippen LogP contribution in [0.4, 0.5) is 5.69 Å². The van der Waals surface area contributed by atoms with E-state index in [2.05, 4.69) is 20.3 Å². The molecular formula is C7H5BrN2O3S. The maximum atomic E-state index is 10.8. The molecule has 1 aromatic rings. The number of rotatable bonds is 2. The average molecular weight is 277 g/mol. The van der Waals surface area contributed by atoms with Crippen molar-refractivity contribution in [2.45, 2.75) is 0 Å². The molecule has 0 aliphatic heterocycles. The van der Waals surface area contributed by atoms with Crippen molar-refractivity contribution >= 4 is 38.0 Å². The maximum absolute atomic E-state index is 10.8. The second-order valence-electron chi connectivity index (χ2n) is 2.37. The summed E-state index contributed by atoms with van der Waals surface area (Å²) in [6, 6.07) is 4.24. The molecule has 0 bridgehead atoms.